The van der Waals surface area contributed by atoms with Gasteiger partial charge in [-0.3, -0.25) is 9.59 Å². The van der Waals surface area contributed by atoms with E-state index in [0.29, 0.717) is 16.4 Å². The lowest BCUT2D eigenvalue weighted by Crippen LogP contribution is -2.17. The standard InChI is InChI=1S/C16H15ClN2O3/c1-9(20)18-13-5-4-10(17)7-14(13)19-16(21)12-8-11(12)15-3-2-6-22-15/h2-7,11-12H,8H2,1H3,(H,18,20)(H,19,21)/t11-,12+/m1/s1. The molecule has 0 aliphatic heterocycles. The molecule has 5 nitrogen and oxygen atoms in total. The predicted molar refractivity (Wildman–Crippen MR) is 83.9 cm³/mol. The van der Waals surface area contributed by atoms with Crippen LogP contribution in [-0.4, -0.2) is 11.8 Å². The molecule has 1 aliphatic carbocycles. The minimum absolute atomic E-state index is 0.102. The Morgan fingerprint density at radius 1 is 1.23 bits per heavy atom. The Kier molecular flexibility index (Phi) is 3.90. The van der Waals surface area contributed by atoms with Gasteiger partial charge in [0.2, 0.25) is 11.8 Å². The van der Waals surface area contributed by atoms with Crippen LogP contribution in [0.5, 0.6) is 0 Å². The number of amides is 2. The third-order valence-electron chi connectivity index (χ3n) is 3.59. The maximum absolute atomic E-state index is 12.3. The van der Waals surface area contributed by atoms with Gasteiger partial charge >= 0.3 is 0 Å². The molecular formula is C16H15ClN2O3. The van der Waals surface area contributed by atoms with E-state index in [9.17, 15) is 9.59 Å². The fraction of sp³-hybridized carbons (Fsp3) is 0.250. The fourth-order valence-electron chi connectivity index (χ4n) is 2.45. The zero-order valence-corrected chi connectivity index (χ0v) is 12.7. The van der Waals surface area contributed by atoms with Crippen LogP contribution in [0.3, 0.4) is 0 Å². The summed E-state index contributed by atoms with van der Waals surface area (Å²) in [5, 5.41) is 5.99. The highest BCUT2D eigenvalue weighted by atomic mass is 35.5. The second-order valence-corrected chi connectivity index (χ2v) is 5.76. The molecule has 2 aromatic rings. The van der Waals surface area contributed by atoms with E-state index < -0.39 is 0 Å². The lowest BCUT2D eigenvalue weighted by Gasteiger charge is -2.11. The second kappa shape index (κ2) is 5.85. The van der Waals surface area contributed by atoms with E-state index in [0.717, 1.165) is 12.2 Å². The van der Waals surface area contributed by atoms with Crippen LogP contribution in [0.15, 0.2) is 41.0 Å². The van der Waals surface area contributed by atoms with Gasteiger partial charge in [0.05, 0.1) is 17.6 Å². The zero-order chi connectivity index (χ0) is 15.7. The Hall–Kier alpha value is -2.27. The fourth-order valence-corrected chi connectivity index (χ4v) is 2.62. The number of carbonyl (C=O) groups is 2. The van der Waals surface area contributed by atoms with Crippen molar-refractivity contribution in [1.29, 1.82) is 0 Å². The van der Waals surface area contributed by atoms with Crippen LogP contribution >= 0.6 is 11.6 Å². The SMILES string of the molecule is CC(=O)Nc1ccc(Cl)cc1NC(=O)[C@H]1C[C@H]1c1ccco1. The topological polar surface area (TPSA) is 71.3 Å². The van der Waals surface area contributed by atoms with Gasteiger partial charge in [-0.25, -0.2) is 0 Å². The lowest BCUT2D eigenvalue weighted by molar-refractivity contribution is -0.117. The highest BCUT2D eigenvalue weighted by molar-refractivity contribution is 6.31. The number of halogens is 1. The highest BCUT2D eigenvalue weighted by Gasteiger charge is 2.45. The molecule has 3 rings (SSSR count). The van der Waals surface area contributed by atoms with Crippen LogP contribution in [0, 0.1) is 5.92 Å². The summed E-state index contributed by atoms with van der Waals surface area (Å²) >= 11 is 5.96. The molecule has 0 bridgehead atoms. The van der Waals surface area contributed by atoms with Gasteiger partial charge in [0.1, 0.15) is 5.76 Å². The number of furan rings is 1. The van der Waals surface area contributed by atoms with Crippen molar-refractivity contribution in [2.45, 2.75) is 19.3 Å². The van der Waals surface area contributed by atoms with Crippen LogP contribution in [0.4, 0.5) is 11.4 Å². The van der Waals surface area contributed by atoms with Gasteiger partial charge in [-0.15, -0.1) is 0 Å². The Morgan fingerprint density at radius 3 is 2.73 bits per heavy atom. The molecule has 22 heavy (non-hydrogen) atoms. The number of hydrogen-bond donors (Lipinski definition) is 2. The quantitative estimate of drug-likeness (QED) is 0.904. The smallest absolute Gasteiger partial charge is 0.228 e. The van der Waals surface area contributed by atoms with Crippen LogP contribution in [0.1, 0.15) is 25.0 Å². The number of hydrogen-bond acceptors (Lipinski definition) is 3. The summed E-state index contributed by atoms with van der Waals surface area (Å²) in [5.41, 5.74) is 1.03. The van der Waals surface area contributed by atoms with E-state index in [1.807, 2.05) is 12.1 Å². The van der Waals surface area contributed by atoms with E-state index in [1.54, 1.807) is 24.5 Å². The van der Waals surface area contributed by atoms with Crippen molar-refractivity contribution in [3.63, 3.8) is 0 Å². The van der Waals surface area contributed by atoms with Crippen molar-refractivity contribution in [3.05, 3.63) is 47.4 Å². The van der Waals surface area contributed by atoms with Crippen molar-refractivity contribution in [2.24, 2.45) is 5.92 Å². The molecule has 1 saturated carbocycles. The molecular weight excluding hydrogens is 304 g/mol. The maximum atomic E-state index is 12.3. The molecule has 0 unspecified atom stereocenters. The molecule has 1 heterocycles. The molecule has 6 heteroatoms. The van der Waals surface area contributed by atoms with E-state index in [-0.39, 0.29) is 23.7 Å². The molecule has 1 aromatic carbocycles. The van der Waals surface area contributed by atoms with Crippen LogP contribution in [-0.2, 0) is 9.59 Å². The first-order chi connectivity index (χ1) is 10.5. The minimum atomic E-state index is -0.210. The van der Waals surface area contributed by atoms with Crippen LogP contribution in [0.2, 0.25) is 5.02 Å². The van der Waals surface area contributed by atoms with E-state index in [1.165, 1.54) is 6.92 Å². The number of anilines is 2. The summed E-state index contributed by atoms with van der Waals surface area (Å²) in [6, 6.07) is 8.63. The normalized spacial score (nSPS) is 19.5. The highest BCUT2D eigenvalue weighted by Crippen LogP contribution is 2.48. The molecule has 0 radical (unpaired) electrons. The zero-order valence-electron chi connectivity index (χ0n) is 11.9. The largest absolute Gasteiger partial charge is 0.469 e. The Labute approximate surface area is 132 Å². The van der Waals surface area contributed by atoms with Gasteiger partial charge in [-0.1, -0.05) is 11.6 Å². The summed E-state index contributed by atoms with van der Waals surface area (Å²) in [7, 11) is 0. The first kappa shape index (κ1) is 14.7. The van der Waals surface area contributed by atoms with Crippen molar-refractivity contribution in [3.8, 4) is 0 Å². The van der Waals surface area contributed by atoms with Crippen molar-refractivity contribution in [2.75, 3.05) is 10.6 Å². The molecule has 0 spiro atoms. The maximum Gasteiger partial charge on any atom is 0.228 e. The van der Waals surface area contributed by atoms with E-state index >= 15 is 0 Å². The molecule has 1 aliphatic rings. The van der Waals surface area contributed by atoms with Gasteiger partial charge in [-0.2, -0.15) is 0 Å². The third kappa shape index (κ3) is 3.14. The second-order valence-electron chi connectivity index (χ2n) is 5.32. The Morgan fingerprint density at radius 2 is 2.05 bits per heavy atom. The molecule has 114 valence electrons. The predicted octanol–water partition coefficient (Wildman–Crippen LogP) is 3.63. The molecule has 1 aromatic heterocycles. The van der Waals surface area contributed by atoms with Crippen LogP contribution in [0.25, 0.3) is 0 Å². The van der Waals surface area contributed by atoms with Gasteiger partial charge in [0.15, 0.2) is 0 Å². The molecule has 1 fully saturated rings. The van der Waals surface area contributed by atoms with Gasteiger partial charge in [-0.05, 0) is 36.8 Å². The van der Waals surface area contributed by atoms with Gasteiger partial charge < -0.3 is 15.1 Å². The summed E-state index contributed by atoms with van der Waals surface area (Å²) in [6.45, 7) is 1.41. The minimum Gasteiger partial charge on any atom is -0.469 e. The Balaban J connectivity index is 1.72. The molecule has 2 N–H and O–H groups in total. The third-order valence-corrected chi connectivity index (χ3v) is 3.82. The molecule has 2 atom stereocenters. The van der Waals surface area contributed by atoms with E-state index in [4.69, 9.17) is 16.0 Å². The molecule has 0 saturated heterocycles. The first-order valence-corrected chi connectivity index (χ1v) is 7.34. The first-order valence-electron chi connectivity index (χ1n) is 6.96. The number of carbonyl (C=O) groups excluding carboxylic acids is 2. The molecule has 2 amide bonds. The summed E-state index contributed by atoms with van der Waals surface area (Å²) in [6.07, 6.45) is 2.36. The number of nitrogens with one attached hydrogen (secondary N) is 2. The Bertz CT molecular complexity index is 712. The summed E-state index contributed by atoms with van der Waals surface area (Å²) < 4.78 is 5.33. The monoisotopic (exact) mass is 318 g/mol. The number of rotatable bonds is 4. The average Bonchev–Trinajstić information content (AvgIpc) is 3.08. The summed E-state index contributed by atoms with van der Waals surface area (Å²) in [4.78, 5) is 23.5. The average molecular weight is 319 g/mol. The van der Waals surface area contributed by atoms with Crippen molar-refractivity contribution in [1.82, 2.24) is 0 Å². The van der Waals surface area contributed by atoms with Gasteiger partial charge in [0.25, 0.3) is 0 Å². The summed E-state index contributed by atoms with van der Waals surface area (Å²) in [5.74, 6) is 0.523. The van der Waals surface area contributed by atoms with Crippen molar-refractivity contribution >= 4 is 34.8 Å². The van der Waals surface area contributed by atoms with Crippen LogP contribution < -0.4 is 10.6 Å². The van der Waals surface area contributed by atoms with Crippen molar-refractivity contribution < 1.29 is 14.0 Å². The number of benzene rings is 1. The van der Waals surface area contributed by atoms with Gasteiger partial charge in [0, 0.05) is 23.8 Å². The van der Waals surface area contributed by atoms with E-state index in [2.05, 4.69) is 10.6 Å². The lowest BCUT2D eigenvalue weighted by atomic mass is 10.2.